The molecule has 1 aromatic heterocycles. The number of allylic oxidation sites excluding steroid dienone is 1. The van der Waals surface area contributed by atoms with E-state index in [0.717, 1.165) is 37.1 Å². The van der Waals surface area contributed by atoms with Crippen LogP contribution in [0.5, 0.6) is 0 Å². The molecule has 94 valence electrons. The fourth-order valence-corrected chi connectivity index (χ4v) is 3.04. The Labute approximate surface area is 107 Å². The highest BCUT2D eigenvalue weighted by atomic mass is 16.5. The second-order valence-corrected chi connectivity index (χ2v) is 5.13. The maximum absolute atomic E-state index is 12.7. The van der Waals surface area contributed by atoms with Crippen LogP contribution in [0.4, 0.5) is 0 Å². The predicted octanol–water partition coefficient (Wildman–Crippen LogP) is 3.11. The van der Waals surface area contributed by atoms with Gasteiger partial charge in [0.2, 0.25) is 5.78 Å². The van der Waals surface area contributed by atoms with Crippen LogP contribution in [-0.2, 0) is 9.53 Å². The number of ketones is 1. The molecule has 0 atom stereocenters. The molecule has 3 nitrogen and oxygen atoms in total. The first-order valence-electron chi connectivity index (χ1n) is 6.59. The smallest absolute Gasteiger partial charge is 0.211 e. The van der Waals surface area contributed by atoms with E-state index >= 15 is 0 Å². The molecule has 2 aliphatic rings. The van der Waals surface area contributed by atoms with Crippen molar-refractivity contribution in [1.82, 2.24) is 4.98 Å². The van der Waals surface area contributed by atoms with Gasteiger partial charge in [-0.3, -0.25) is 9.78 Å². The number of Topliss-reactive ketones (excluding diaryl/α,β-unsaturated/α-hetero) is 1. The van der Waals surface area contributed by atoms with Crippen molar-refractivity contribution in [2.75, 3.05) is 0 Å². The summed E-state index contributed by atoms with van der Waals surface area (Å²) in [5, 5.41) is 0. The summed E-state index contributed by atoms with van der Waals surface area (Å²) < 4.78 is 5.96. The molecular weight excluding hydrogens is 226 g/mol. The molecule has 0 N–H and O–H groups in total. The molecule has 1 aromatic rings. The number of hydrogen-bond acceptors (Lipinski definition) is 3. The third-order valence-electron chi connectivity index (χ3n) is 3.92. The van der Waals surface area contributed by atoms with Crippen LogP contribution >= 0.6 is 0 Å². The monoisotopic (exact) mass is 243 g/mol. The largest absolute Gasteiger partial charge is 0.483 e. The minimum Gasteiger partial charge on any atom is -0.483 e. The molecule has 1 spiro atoms. The Morgan fingerprint density at radius 3 is 2.67 bits per heavy atom. The fraction of sp³-hybridized carbons (Fsp3) is 0.467. The molecule has 3 rings (SSSR count). The van der Waals surface area contributed by atoms with E-state index in [9.17, 15) is 4.79 Å². The highest BCUT2D eigenvalue weighted by Gasteiger charge is 2.49. The van der Waals surface area contributed by atoms with E-state index in [1.165, 1.54) is 6.42 Å². The maximum Gasteiger partial charge on any atom is 0.211 e. The van der Waals surface area contributed by atoms with E-state index in [1.807, 2.05) is 25.1 Å². The number of pyridine rings is 1. The number of aromatic nitrogens is 1. The van der Waals surface area contributed by atoms with Crippen molar-refractivity contribution < 1.29 is 9.53 Å². The van der Waals surface area contributed by atoms with E-state index in [4.69, 9.17) is 4.74 Å². The molecule has 18 heavy (non-hydrogen) atoms. The minimum atomic E-state index is -0.574. The van der Waals surface area contributed by atoms with Gasteiger partial charge >= 0.3 is 0 Å². The first-order chi connectivity index (χ1) is 8.73. The summed E-state index contributed by atoms with van der Waals surface area (Å²) in [6.45, 7) is 1.88. The van der Waals surface area contributed by atoms with Crippen LogP contribution < -0.4 is 0 Å². The van der Waals surface area contributed by atoms with E-state index in [-0.39, 0.29) is 5.78 Å². The molecule has 2 heterocycles. The molecule has 0 aromatic carbocycles. The van der Waals surface area contributed by atoms with Crippen LogP contribution in [0, 0.1) is 0 Å². The Morgan fingerprint density at radius 1 is 1.22 bits per heavy atom. The highest BCUT2D eigenvalue weighted by Crippen LogP contribution is 2.43. The van der Waals surface area contributed by atoms with Crippen LogP contribution in [0.1, 0.15) is 44.7 Å². The van der Waals surface area contributed by atoms with Gasteiger partial charge in [0.05, 0.1) is 11.3 Å². The lowest BCUT2D eigenvalue weighted by atomic mass is 9.80. The third-order valence-corrected chi connectivity index (χ3v) is 3.92. The normalized spacial score (nSPS) is 22.4. The average molecular weight is 243 g/mol. The highest BCUT2D eigenvalue weighted by molar-refractivity contribution is 6.26. The van der Waals surface area contributed by atoms with Crippen molar-refractivity contribution in [3.05, 3.63) is 35.8 Å². The number of carbonyl (C=O) groups excluding carboxylic acids is 1. The fourth-order valence-electron chi connectivity index (χ4n) is 3.04. The molecule has 1 aliphatic heterocycles. The summed E-state index contributed by atoms with van der Waals surface area (Å²) >= 11 is 0. The molecule has 0 saturated heterocycles. The number of nitrogens with zero attached hydrogens (tertiary/aromatic N) is 1. The summed E-state index contributed by atoms with van der Waals surface area (Å²) in [7, 11) is 0. The average Bonchev–Trinajstić information content (AvgIpc) is 2.63. The molecule has 0 unspecified atom stereocenters. The van der Waals surface area contributed by atoms with Crippen molar-refractivity contribution in [2.45, 2.75) is 44.6 Å². The van der Waals surface area contributed by atoms with E-state index in [2.05, 4.69) is 4.98 Å². The summed E-state index contributed by atoms with van der Waals surface area (Å²) in [5.41, 5.74) is 0.842. The zero-order valence-electron chi connectivity index (χ0n) is 10.6. The number of rotatable bonds is 1. The zero-order chi connectivity index (χ0) is 12.6. The van der Waals surface area contributed by atoms with E-state index < -0.39 is 5.60 Å². The van der Waals surface area contributed by atoms with Gasteiger partial charge in [0.1, 0.15) is 5.76 Å². The summed E-state index contributed by atoms with van der Waals surface area (Å²) in [6, 6.07) is 5.64. The molecule has 1 aliphatic carbocycles. The van der Waals surface area contributed by atoms with Crippen molar-refractivity contribution >= 4 is 11.4 Å². The quantitative estimate of drug-likeness (QED) is 0.760. The van der Waals surface area contributed by atoms with Crippen LogP contribution in [0.15, 0.2) is 30.2 Å². The van der Waals surface area contributed by atoms with E-state index in [1.54, 1.807) is 6.20 Å². The second kappa shape index (κ2) is 4.23. The van der Waals surface area contributed by atoms with Gasteiger partial charge in [-0.2, -0.15) is 0 Å². The van der Waals surface area contributed by atoms with Gasteiger partial charge in [-0.15, -0.1) is 0 Å². The van der Waals surface area contributed by atoms with Crippen LogP contribution in [0.3, 0.4) is 0 Å². The Bertz CT molecular complexity index is 498. The topological polar surface area (TPSA) is 39.2 Å². The Hall–Kier alpha value is -1.64. The minimum absolute atomic E-state index is 0.137. The van der Waals surface area contributed by atoms with Crippen molar-refractivity contribution in [1.29, 1.82) is 0 Å². The van der Waals surface area contributed by atoms with Crippen LogP contribution in [-0.4, -0.2) is 16.4 Å². The number of ether oxygens (including phenoxy) is 1. The summed E-state index contributed by atoms with van der Waals surface area (Å²) in [4.78, 5) is 17.0. The molecule has 3 heteroatoms. The first kappa shape index (κ1) is 11.5. The molecule has 0 bridgehead atoms. The van der Waals surface area contributed by atoms with Crippen molar-refractivity contribution in [3.63, 3.8) is 0 Å². The molecule has 0 amide bonds. The summed E-state index contributed by atoms with van der Waals surface area (Å²) in [5.74, 6) is 0.874. The number of carbonyl (C=O) groups is 1. The third kappa shape index (κ3) is 1.65. The van der Waals surface area contributed by atoms with Gasteiger partial charge in [0.15, 0.2) is 5.60 Å². The van der Waals surface area contributed by atoms with Gasteiger partial charge in [0.25, 0.3) is 0 Å². The number of hydrogen-bond donors (Lipinski definition) is 0. The molecule has 1 saturated carbocycles. The van der Waals surface area contributed by atoms with Crippen molar-refractivity contribution in [2.24, 2.45) is 0 Å². The van der Waals surface area contributed by atoms with E-state index in [0.29, 0.717) is 5.57 Å². The lowest BCUT2D eigenvalue weighted by molar-refractivity contribution is -0.132. The van der Waals surface area contributed by atoms with Gasteiger partial charge in [-0.25, -0.2) is 0 Å². The molecular formula is C15H17NO2. The maximum atomic E-state index is 12.7. The predicted molar refractivity (Wildman–Crippen MR) is 68.7 cm³/mol. The molecule has 1 fully saturated rings. The van der Waals surface area contributed by atoms with Crippen molar-refractivity contribution in [3.8, 4) is 0 Å². The Morgan fingerprint density at radius 2 is 2.00 bits per heavy atom. The SMILES string of the molecule is CC1=C(c2ccccn2)C(=O)C2(CCCCC2)O1. The Kier molecular flexibility index (Phi) is 2.69. The molecule has 0 radical (unpaired) electrons. The zero-order valence-corrected chi connectivity index (χ0v) is 10.6. The van der Waals surface area contributed by atoms with Crippen LogP contribution in [0.2, 0.25) is 0 Å². The van der Waals surface area contributed by atoms with Gasteiger partial charge < -0.3 is 4.74 Å². The Balaban J connectivity index is 1.97. The standard InChI is InChI=1S/C15H17NO2/c1-11-13(12-7-3-6-10-16-12)14(17)15(18-11)8-4-2-5-9-15/h3,6-7,10H,2,4-5,8-9H2,1H3. The lowest BCUT2D eigenvalue weighted by Crippen LogP contribution is -2.39. The van der Waals surface area contributed by atoms with Gasteiger partial charge in [-0.1, -0.05) is 12.5 Å². The second-order valence-electron chi connectivity index (χ2n) is 5.13. The van der Waals surface area contributed by atoms with Gasteiger partial charge in [0, 0.05) is 6.20 Å². The van der Waals surface area contributed by atoms with Gasteiger partial charge in [-0.05, 0) is 44.7 Å². The lowest BCUT2D eigenvalue weighted by Gasteiger charge is -2.31. The first-order valence-corrected chi connectivity index (χ1v) is 6.59. The summed E-state index contributed by atoms with van der Waals surface area (Å²) in [6.07, 6.45) is 6.77. The van der Waals surface area contributed by atoms with Crippen LogP contribution in [0.25, 0.3) is 5.57 Å².